The summed E-state index contributed by atoms with van der Waals surface area (Å²) in [7, 11) is 0. The highest BCUT2D eigenvalue weighted by molar-refractivity contribution is 7.09. The van der Waals surface area contributed by atoms with Crippen LogP contribution < -0.4 is 16.4 Å². The Bertz CT molecular complexity index is 726. The van der Waals surface area contributed by atoms with Crippen molar-refractivity contribution < 1.29 is 9.59 Å². The lowest BCUT2D eigenvalue weighted by Gasteiger charge is -2.14. The molecule has 0 spiro atoms. The maximum Gasteiger partial charge on any atom is 0.239 e. The molecule has 2 rings (SSSR count). The summed E-state index contributed by atoms with van der Waals surface area (Å²) >= 11 is 1.60. The molecule has 2 amide bonds. The predicted octanol–water partition coefficient (Wildman–Crippen LogP) is 2.49. The van der Waals surface area contributed by atoms with E-state index in [2.05, 4.69) is 27.8 Å². The summed E-state index contributed by atoms with van der Waals surface area (Å²) in [6, 6.07) is 9.68. The van der Waals surface area contributed by atoms with Gasteiger partial charge in [-0.25, -0.2) is 4.98 Å². The van der Waals surface area contributed by atoms with Gasteiger partial charge < -0.3 is 16.4 Å². The lowest BCUT2D eigenvalue weighted by molar-refractivity contribution is -0.127. The molecule has 2 aromatic rings. The van der Waals surface area contributed by atoms with Gasteiger partial charge in [0, 0.05) is 11.8 Å². The van der Waals surface area contributed by atoms with Crippen molar-refractivity contribution in [2.45, 2.75) is 39.3 Å². The van der Waals surface area contributed by atoms with Crippen LogP contribution in [0.2, 0.25) is 0 Å². The molecule has 0 unspecified atom stereocenters. The number of rotatable bonds is 9. The zero-order valence-electron chi connectivity index (χ0n) is 16.0. The van der Waals surface area contributed by atoms with Crippen LogP contribution in [0.25, 0.3) is 0 Å². The predicted molar refractivity (Wildman–Crippen MR) is 118 cm³/mol. The molecule has 1 aromatic heterocycles. The quantitative estimate of drug-likeness (QED) is 0.550. The Hall–Kier alpha value is -1.67. The molecule has 0 saturated carbocycles. The van der Waals surface area contributed by atoms with Crippen molar-refractivity contribution in [2.24, 2.45) is 11.7 Å². The zero-order chi connectivity index (χ0) is 18.9. The van der Waals surface area contributed by atoms with E-state index in [-0.39, 0.29) is 49.1 Å². The second kappa shape index (κ2) is 13.5. The van der Waals surface area contributed by atoms with E-state index >= 15 is 0 Å². The SMILES string of the molecule is CC(C)[C@H](N)C(=O)NCC(=O)NCc1csc(CCc2ccccc2)n1.Cl.Cl. The molecular weight excluding hydrogens is 419 g/mol. The summed E-state index contributed by atoms with van der Waals surface area (Å²) in [6.45, 7) is 4.00. The molecule has 0 aliphatic carbocycles. The van der Waals surface area contributed by atoms with Gasteiger partial charge in [-0.3, -0.25) is 9.59 Å². The first-order valence-electron chi connectivity index (χ1n) is 8.73. The average molecular weight is 447 g/mol. The highest BCUT2D eigenvalue weighted by atomic mass is 35.5. The first-order chi connectivity index (χ1) is 12.5. The number of nitrogens with two attached hydrogens (primary N) is 1. The highest BCUT2D eigenvalue weighted by Crippen LogP contribution is 2.13. The summed E-state index contributed by atoms with van der Waals surface area (Å²) in [4.78, 5) is 28.1. The molecule has 9 heteroatoms. The normalized spacial score (nSPS) is 11.1. The van der Waals surface area contributed by atoms with E-state index in [1.54, 1.807) is 11.3 Å². The summed E-state index contributed by atoms with van der Waals surface area (Å²) in [5.74, 6) is -0.539. The number of halogens is 2. The monoisotopic (exact) mass is 446 g/mol. The number of nitrogens with one attached hydrogen (secondary N) is 2. The molecule has 0 fully saturated rings. The van der Waals surface area contributed by atoms with Crippen LogP contribution in [0.5, 0.6) is 0 Å². The molecular formula is C19H28Cl2N4O2S. The first-order valence-corrected chi connectivity index (χ1v) is 9.61. The fourth-order valence-electron chi connectivity index (χ4n) is 2.28. The number of hydrogen-bond acceptors (Lipinski definition) is 5. The number of benzene rings is 1. The van der Waals surface area contributed by atoms with Crippen LogP contribution >= 0.6 is 36.2 Å². The number of carbonyl (C=O) groups is 2. The number of aromatic nitrogens is 1. The van der Waals surface area contributed by atoms with Gasteiger partial charge in [0.25, 0.3) is 0 Å². The van der Waals surface area contributed by atoms with Crippen LogP contribution in [0, 0.1) is 5.92 Å². The van der Waals surface area contributed by atoms with E-state index in [1.807, 2.05) is 37.4 Å². The molecule has 0 saturated heterocycles. The second-order valence-electron chi connectivity index (χ2n) is 6.48. The Balaban J connectivity index is 0.00000364. The van der Waals surface area contributed by atoms with Crippen molar-refractivity contribution in [3.8, 4) is 0 Å². The van der Waals surface area contributed by atoms with E-state index in [0.29, 0.717) is 6.54 Å². The lowest BCUT2D eigenvalue weighted by Crippen LogP contribution is -2.47. The van der Waals surface area contributed by atoms with Gasteiger partial charge in [-0.1, -0.05) is 44.2 Å². The van der Waals surface area contributed by atoms with Gasteiger partial charge in [0.2, 0.25) is 11.8 Å². The molecule has 1 aromatic carbocycles. The molecule has 6 nitrogen and oxygen atoms in total. The van der Waals surface area contributed by atoms with Gasteiger partial charge in [-0.05, 0) is 17.9 Å². The van der Waals surface area contributed by atoms with E-state index in [0.717, 1.165) is 23.5 Å². The van der Waals surface area contributed by atoms with E-state index < -0.39 is 6.04 Å². The highest BCUT2D eigenvalue weighted by Gasteiger charge is 2.17. The minimum Gasteiger partial charge on any atom is -0.349 e. The number of amides is 2. The van der Waals surface area contributed by atoms with Crippen LogP contribution in [-0.2, 0) is 29.0 Å². The third-order valence-electron chi connectivity index (χ3n) is 3.98. The maximum atomic E-state index is 11.8. The number of aryl methyl sites for hydroxylation is 2. The molecule has 28 heavy (non-hydrogen) atoms. The molecule has 4 N–H and O–H groups in total. The van der Waals surface area contributed by atoms with Crippen LogP contribution in [-0.4, -0.2) is 29.4 Å². The van der Waals surface area contributed by atoms with Crippen LogP contribution in [0.1, 0.15) is 30.1 Å². The minimum atomic E-state index is -0.603. The fourth-order valence-corrected chi connectivity index (χ4v) is 3.08. The zero-order valence-corrected chi connectivity index (χ0v) is 18.5. The van der Waals surface area contributed by atoms with Gasteiger partial charge >= 0.3 is 0 Å². The van der Waals surface area contributed by atoms with Gasteiger partial charge in [-0.2, -0.15) is 0 Å². The van der Waals surface area contributed by atoms with Gasteiger partial charge in [0.1, 0.15) is 0 Å². The lowest BCUT2D eigenvalue weighted by atomic mass is 10.1. The molecule has 1 atom stereocenters. The van der Waals surface area contributed by atoms with Crippen molar-refractivity contribution in [2.75, 3.05) is 6.54 Å². The van der Waals surface area contributed by atoms with Gasteiger partial charge in [-0.15, -0.1) is 36.2 Å². The van der Waals surface area contributed by atoms with Crippen LogP contribution in [0.4, 0.5) is 0 Å². The molecule has 0 bridgehead atoms. The smallest absolute Gasteiger partial charge is 0.239 e. The third kappa shape index (κ3) is 9.01. The van der Waals surface area contributed by atoms with Crippen molar-refractivity contribution in [3.63, 3.8) is 0 Å². The Labute approximate surface area is 182 Å². The largest absolute Gasteiger partial charge is 0.349 e. The Morgan fingerprint density at radius 1 is 1.11 bits per heavy atom. The summed E-state index contributed by atoms with van der Waals surface area (Å²) in [5.41, 5.74) is 7.85. The third-order valence-corrected chi connectivity index (χ3v) is 4.94. The molecule has 156 valence electrons. The molecule has 1 heterocycles. The first kappa shape index (κ1) is 26.3. The van der Waals surface area contributed by atoms with E-state index in [4.69, 9.17) is 5.73 Å². The van der Waals surface area contributed by atoms with Gasteiger partial charge in [0.05, 0.1) is 29.8 Å². The Morgan fingerprint density at radius 3 is 2.43 bits per heavy atom. The maximum absolute atomic E-state index is 11.8. The average Bonchev–Trinajstić information content (AvgIpc) is 3.10. The number of hydrogen-bond donors (Lipinski definition) is 3. The molecule has 0 aliphatic heterocycles. The van der Waals surface area contributed by atoms with Crippen LogP contribution in [0.3, 0.4) is 0 Å². The van der Waals surface area contributed by atoms with Crippen molar-refractivity contribution in [1.29, 1.82) is 0 Å². The standard InChI is InChI=1S/C19H26N4O2S.2ClH/c1-13(2)18(20)19(25)22-11-16(24)21-10-15-12-26-17(23-15)9-8-14-6-4-3-5-7-14;;/h3-7,12-13,18H,8-11,20H2,1-2H3,(H,21,24)(H,22,25);2*1H/t18-;;/m0../s1. The summed E-state index contributed by atoms with van der Waals surface area (Å²) in [5, 5.41) is 8.31. The van der Waals surface area contributed by atoms with Crippen molar-refractivity contribution >= 4 is 48.0 Å². The topological polar surface area (TPSA) is 97.1 Å². The Morgan fingerprint density at radius 2 is 1.79 bits per heavy atom. The number of nitrogens with zero attached hydrogens (tertiary/aromatic N) is 1. The Kier molecular flexibility index (Phi) is 12.7. The summed E-state index contributed by atoms with van der Waals surface area (Å²) < 4.78 is 0. The van der Waals surface area contributed by atoms with Crippen molar-refractivity contribution in [1.82, 2.24) is 15.6 Å². The molecule has 0 aliphatic rings. The van der Waals surface area contributed by atoms with Gasteiger partial charge in [0.15, 0.2) is 0 Å². The molecule has 0 radical (unpaired) electrons. The second-order valence-corrected chi connectivity index (χ2v) is 7.43. The minimum absolute atomic E-state index is 0. The summed E-state index contributed by atoms with van der Waals surface area (Å²) in [6.07, 6.45) is 1.83. The van der Waals surface area contributed by atoms with E-state index in [1.165, 1.54) is 5.56 Å². The van der Waals surface area contributed by atoms with E-state index in [9.17, 15) is 9.59 Å². The fraction of sp³-hybridized carbons (Fsp3) is 0.421. The van der Waals surface area contributed by atoms with Crippen LogP contribution in [0.15, 0.2) is 35.7 Å². The number of thiazole rings is 1. The number of carbonyl (C=O) groups excluding carboxylic acids is 2. The van der Waals surface area contributed by atoms with Crippen molar-refractivity contribution in [3.05, 3.63) is 52.0 Å².